The van der Waals surface area contributed by atoms with Gasteiger partial charge in [-0.1, -0.05) is 13.0 Å². The van der Waals surface area contributed by atoms with E-state index < -0.39 is 0 Å². The summed E-state index contributed by atoms with van der Waals surface area (Å²) in [4.78, 5) is 20.0. The molecule has 2 aromatic heterocycles. The van der Waals surface area contributed by atoms with Gasteiger partial charge in [0.2, 0.25) is 0 Å². The molecular weight excluding hydrogens is 310 g/mol. The van der Waals surface area contributed by atoms with Crippen LogP contribution in [0.2, 0.25) is 0 Å². The number of rotatable bonds is 5. The lowest BCUT2D eigenvalue weighted by molar-refractivity contribution is -0.139. The number of esters is 1. The van der Waals surface area contributed by atoms with Crippen molar-refractivity contribution in [2.45, 2.75) is 19.8 Å². The van der Waals surface area contributed by atoms with Gasteiger partial charge in [-0.05, 0) is 18.6 Å². The molecule has 0 aromatic carbocycles. The Bertz CT molecular complexity index is 686. The summed E-state index contributed by atoms with van der Waals surface area (Å²) in [5, 5.41) is 0.818. The summed E-state index contributed by atoms with van der Waals surface area (Å²) in [5.41, 5.74) is 8.37. The SMILES string of the molecule is C=C.CC/C(N)=C\C(=C/CC(=O)OC)c1nc2ccncc2s1. The number of hydrogen-bond donors (Lipinski definition) is 1. The van der Waals surface area contributed by atoms with Gasteiger partial charge in [-0.3, -0.25) is 9.78 Å². The first-order chi connectivity index (χ1) is 11.1. The Morgan fingerprint density at radius 3 is 2.83 bits per heavy atom. The minimum atomic E-state index is -0.293. The monoisotopic (exact) mass is 331 g/mol. The molecule has 0 aliphatic carbocycles. The molecule has 6 heteroatoms. The Balaban J connectivity index is 0.00000127. The van der Waals surface area contributed by atoms with Gasteiger partial charge in [-0.25, -0.2) is 4.98 Å². The van der Waals surface area contributed by atoms with Gasteiger partial charge in [0.25, 0.3) is 0 Å². The molecule has 0 bridgehead atoms. The van der Waals surface area contributed by atoms with Crippen molar-refractivity contribution < 1.29 is 9.53 Å². The van der Waals surface area contributed by atoms with E-state index in [0.29, 0.717) is 0 Å². The van der Waals surface area contributed by atoms with Gasteiger partial charge in [0, 0.05) is 23.7 Å². The molecule has 23 heavy (non-hydrogen) atoms. The van der Waals surface area contributed by atoms with Crippen molar-refractivity contribution in [1.82, 2.24) is 9.97 Å². The van der Waals surface area contributed by atoms with Gasteiger partial charge in [-0.2, -0.15) is 0 Å². The first-order valence-electron chi connectivity index (χ1n) is 7.08. The highest BCUT2D eigenvalue weighted by atomic mass is 32.1. The fourth-order valence-corrected chi connectivity index (χ4v) is 2.63. The van der Waals surface area contributed by atoms with Crippen molar-refractivity contribution in [3.63, 3.8) is 0 Å². The first kappa shape index (κ1) is 18.6. The normalized spacial score (nSPS) is 11.7. The Morgan fingerprint density at radius 2 is 2.22 bits per heavy atom. The zero-order chi connectivity index (χ0) is 17.2. The highest BCUT2D eigenvalue weighted by Gasteiger charge is 2.09. The lowest BCUT2D eigenvalue weighted by Crippen LogP contribution is -1.99. The number of methoxy groups -OCH3 is 1. The van der Waals surface area contributed by atoms with Crippen LogP contribution in [0.3, 0.4) is 0 Å². The van der Waals surface area contributed by atoms with Crippen LogP contribution in [0.5, 0.6) is 0 Å². The molecule has 5 nitrogen and oxygen atoms in total. The van der Waals surface area contributed by atoms with Gasteiger partial charge in [0.15, 0.2) is 0 Å². The van der Waals surface area contributed by atoms with Crippen LogP contribution in [0.4, 0.5) is 0 Å². The maximum atomic E-state index is 11.3. The lowest BCUT2D eigenvalue weighted by atomic mass is 10.1. The third kappa shape index (κ3) is 5.34. The molecule has 0 spiro atoms. The Morgan fingerprint density at radius 1 is 1.48 bits per heavy atom. The zero-order valence-electron chi connectivity index (χ0n) is 13.4. The molecule has 0 saturated heterocycles. The van der Waals surface area contributed by atoms with Gasteiger partial charge < -0.3 is 10.5 Å². The van der Waals surface area contributed by atoms with Crippen LogP contribution >= 0.6 is 11.3 Å². The van der Waals surface area contributed by atoms with Gasteiger partial charge in [0.05, 0.1) is 23.7 Å². The van der Waals surface area contributed by atoms with Crippen molar-refractivity contribution in [2.24, 2.45) is 5.73 Å². The van der Waals surface area contributed by atoms with Crippen LogP contribution < -0.4 is 5.73 Å². The van der Waals surface area contributed by atoms with Crippen LogP contribution in [0.15, 0.2) is 49.5 Å². The molecular formula is C17H21N3O2S. The highest BCUT2D eigenvalue weighted by molar-refractivity contribution is 7.19. The van der Waals surface area contributed by atoms with E-state index in [0.717, 1.165) is 32.9 Å². The van der Waals surface area contributed by atoms with Gasteiger partial charge in [0.1, 0.15) is 5.01 Å². The molecule has 2 aromatic rings. The zero-order valence-corrected chi connectivity index (χ0v) is 14.2. The van der Waals surface area contributed by atoms with Crippen molar-refractivity contribution >= 4 is 33.1 Å². The molecule has 122 valence electrons. The summed E-state index contributed by atoms with van der Waals surface area (Å²) >= 11 is 1.52. The standard InChI is InChI=1S/C15H17N3O2S.C2H4/c1-3-11(16)8-10(4-5-14(19)20-2)15-18-12-6-7-17-9-13(12)21-15;1-2/h4,6-9H,3,5,16H2,1-2H3;1-2H2/b10-4+,11-8+;. The Labute approximate surface area is 140 Å². The molecule has 0 aliphatic rings. The van der Waals surface area contributed by atoms with E-state index in [-0.39, 0.29) is 12.4 Å². The van der Waals surface area contributed by atoms with E-state index in [2.05, 4.69) is 27.9 Å². The van der Waals surface area contributed by atoms with Crippen molar-refractivity contribution in [3.05, 3.63) is 54.5 Å². The van der Waals surface area contributed by atoms with E-state index in [1.54, 1.807) is 18.5 Å². The summed E-state index contributed by atoms with van der Waals surface area (Å²) in [6.45, 7) is 7.98. The minimum absolute atomic E-state index is 0.188. The van der Waals surface area contributed by atoms with Crippen molar-refractivity contribution in [2.75, 3.05) is 7.11 Å². The second kappa shape index (κ2) is 9.53. The van der Waals surface area contributed by atoms with E-state index >= 15 is 0 Å². The minimum Gasteiger partial charge on any atom is -0.469 e. The smallest absolute Gasteiger partial charge is 0.309 e. The summed E-state index contributed by atoms with van der Waals surface area (Å²) in [6, 6.07) is 1.86. The van der Waals surface area contributed by atoms with Crippen molar-refractivity contribution in [3.8, 4) is 0 Å². The number of ether oxygens (including phenoxy) is 1. The fraction of sp³-hybridized carbons (Fsp3) is 0.235. The Hall–Kier alpha value is -2.47. The van der Waals surface area contributed by atoms with Crippen LogP contribution in [-0.4, -0.2) is 23.0 Å². The summed E-state index contributed by atoms with van der Waals surface area (Å²) in [6.07, 6.45) is 8.06. The average Bonchev–Trinajstić information content (AvgIpc) is 3.03. The van der Waals surface area contributed by atoms with Gasteiger partial charge >= 0.3 is 5.97 Å². The average molecular weight is 331 g/mol. The number of thiazole rings is 1. The first-order valence-corrected chi connectivity index (χ1v) is 7.89. The number of carbonyl (C=O) groups is 1. The third-order valence-electron chi connectivity index (χ3n) is 2.90. The number of nitrogens with two attached hydrogens (primary N) is 1. The fourth-order valence-electron chi connectivity index (χ4n) is 1.69. The molecule has 0 aliphatic heterocycles. The molecule has 2 N–H and O–H groups in total. The van der Waals surface area contributed by atoms with E-state index in [1.165, 1.54) is 18.4 Å². The van der Waals surface area contributed by atoms with Crippen LogP contribution in [0, 0.1) is 0 Å². The van der Waals surface area contributed by atoms with E-state index in [1.807, 2.05) is 19.1 Å². The molecule has 0 unspecified atom stereocenters. The van der Waals surface area contributed by atoms with Gasteiger partial charge in [-0.15, -0.1) is 24.5 Å². The predicted molar refractivity (Wildman–Crippen MR) is 95.8 cm³/mol. The number of pyridine rings is 1. The lowest BCUT2D eigenvalue weighted by Gasteiger charge is -2.01. The Kier molecular flexibility index (Phi) is 7.70. The number of nitrogens with zero attached hydrogens (tertiary/aromatic N) is 2. The molecule has 0 radical (unpaired) electrons. The van der Waals surface area contributed by atoms with E-state index in [9.17, 15) is 4.79 Å². The number of carbonyl (C=O) groups excluding carboxylic acids is 1. The quantitative estimate of drug-likeness (QED) is 0.513. The molecule has 0 amide bonds. The van der Waals surface area contributed by atoms with E-state index in [4.69, 9.17) is 5.73 Å². The van der Waals surface area contributed by atoms with Crippen LogP contribution in [0.25, 0.3) is 15.8 Å². The van der Waals surface area contributed by atoms with Crippen LogP contribution in [-0.2, 0) is 9.53 Å². The summed E-state index contributed by atoms with van der Waals surface area (Å²) in [7, 11) is 1.37. The molecule has 0 saturated carbocycles. The highest BCUT2D eigenvalue weighted by Crippen LogP contribution is 2.28. The number of aromatic nitrogens is 2. The van der Waals surface area contributed by atoms with Crippen molar-refractivity contribution in [1.29, 1.82) is 0 Å². The number of allylic oxidation sites excluding steroid dienone is 3. The third-order valence-corrected chi connectivity index (χ3v) is 3.96. The number of fused-ring (bicyclic) bond motifs is 1. The van der Waals surface area contributed by atoms with Crippen LogP contribution in [0.1, 0.15) is 24.8 Å². The summed E-state index contributed by atoms with van der Waals surface area (Å²) < 4.78 is 5.66. The molecule has 2 heterocycles. The molecule has 2 rings (SSSR count). The molecule has 0 atom stereocenters. The molecule has 0 fully saturated rings. The summed E-state index contributed by atoms with van der Waals surface area (Å²) in [5.74, 6) is -0.293. The second-order valence-corrected chi connectivity index (χ2v) is 5.41. The second-order valence-electron chi connectivity index (χ2n) is 4.37. The predicted octanol–water partition coefficient (Wildman–Crippen LogP) is 3.69. The topological polar surface area (TPSA) is 78.1 Å². The number of hydrogen-bond acceptors (Lipinski definition) is 6. The maximum Gasteiger partial charge on any atom is 0.309 e. The largest absolute Gasteiger partial charge is 0.469 e. The maximum absolute atomic E-state index is 11.3.